The SMILES string of the molecule is CNC(=O)c1cccc2c(Nc3cc(CO)cc(NC(=O)O)c3)c3cccc(C)c3nc12. The van der Waals surface area contributed by atoms with Crippen molar-refractivity contribution in [2.24, 2.45) is 0 Å². The number of carbonyl (C=O) groups is 2. The van der Waals surface area contributed by atoms with Gasteiger partial charge in [-0.1, -0.05) is 30.3 Å². The molecule has 0 aliphatic rings. The highest BCUT2D eigenvalue weighted by Crippen LogP contribution is 2.36. The third-order valence-corrected chi connectivity index (χ3v) is 5.20. The van der Waals surface area contributed by atoms with Crippen molar-refractivity contribution >= 4 is 50.9 Å². The summed E-state index contributed by atoms with van der Waals surface area (Å²) >= 11 is 0. The third-order valence-electron chi connectivity index (χ3n) is 5.20. The highest BCUT2D eigenvalue weighted by Gasteiger charge is 2.17. The number of rotatable bonds is 5. The lowest BCUT2D eigenvalue weighted by Crippen LogP contribution is -2.18. The summed E-state index contributed by atoms with van der Waals surface area (Å²) in [5.74, 6) is -0.239. The van der Waals surface area contributed by atoms with E-state index in [9.17, 15) is 14.7 Å². The standard InChI is InChI=1S/C24H22N4O4/c1-13-5-3-6-17-20(13)28-22-18(7-4-8-19(22)23(30)25-2)21(17)26-15-9-14(12-29)10-16(11-15)27-24(31)32/h3-11,27,29H,12H2,1-2H3,(H,25,30)(H,26,28)(H,31,32). The first-order chi connectivity index (χ1) is 15.4. The highest BCUT2D eigenvalue weighted by molar-refractivity contribution is 6.15. The second kappa shape index (κ2) is 8.52. The molecule has 0 aliphatic heterocycles. The summed E-state index contributed by atoms with van der Waals surface area (Å²) in [6, 6.07) is 16.2. The molecule has 2 amide bonds. The number of benzene rings is 3. The van der Waals surface area contributed by atoms with Crippen LogP contribution in [0.4, 0.5) is 21.9 Å². The molecule has 0 spiro atoms. The zero-order valence-corrected chi connectivity index (χ0v) is 17.6. The zero-order chi connectivity index (χ0) is 22.8. The van der Waals surface area contributed by atoms with E-state index in [1.54, 1.807) is 37.4 Å². The van der Waals surface area contributed by atoms with Gasteiger partial charge < -0.3 is 20.8 Å². The Kier molecular flexibility index (Phi) is 5.61. The van der Waals surface area contributed by atoms with Gasteiger partial charge in [-0.3, -0.25) is 10.1 Å². The number of nitrogens with one attached hydrogen (secondary N) is 3. The van der Waals surface area contributed by atoms with Crippen molar-refractivity contribution in [1.82, 2.24) is 10.3 Å². The molecule has 4 aromatic rings. The molecule has 0 fully saturated rings. The van der Waals surface area contributed by atoms with Crippen LogP contribution in [0.2, 0.25) is 0 Å². The van der Waals surface area contributed by atoms with Crippen LogP contribution in [0.15, 0.2) is 54.6 Å². The smallest absolute Gasteiger partial charge is 0.409 e. The van der Waals surface area contributed by atoms with E-state index in [0.29, 0.717) is 28.0 Å². The minimum atomic E-state index is -1.20. The van der Waals surface area contributed by atoms with Crippen molar-refractivity contribution in [2.75, 3.05) is 17.7 Å². The van der Waals surface area contributed by atoms with Gasteiger partial charge in [0.05, 0.1) is 28.9 Å². The van der Waals surface area contributed by atoms with Crippen LogP contribution in [0, 0.1) is 6.92 Å². The number of aliphatic hydroxyl groups is 1. The Bertz CT molecular complexity index is 1370. The number of para-hydroxylation sites is 2. The Morgan fingerprint density at radius 1 is 0.969 bits per heavy atom. The number of carbonyl (C=O) groups excluding carboxylic acids is 1. The van der Waals surface area contributed by atoms with Gasteiger partial charge in [-0.2, -0.15) is 0 Å². The summed E-state index contributed by atoms with van der Waals surface area (Å²) < 4.78 is 0. The molecule has 1 heterocycles. The van der Waals surface area contributed by atoms with Gasteiger partial charge in [0.25, 0.3) is 5.91 Å². The van der Waals surface area contributed by atoms with Crippen LogP contribution in [0.3, 0.4) is 0 Å². The van der Waals surface area contributed by atoms with Crippen molar-refractivity contribution in [1.29, 1.82) is 0 Å². The van der Waals surface area contributed by atoms with E-state index < -0.39 is 6.09 Å². The summed E-state index contributed by atoms with van der Waals surface area (Å²) in [6.07, 6.45) is -1.20. The molecule has 8 nitrogen and oxygen atoms in total. The molecule has 3 aromatic carbocycles. The molecular weight excluding hydrogens is 408 g/mol. The summed E-state index contributed by atoms with van der Waals surface area (Å²) in [5, 5.41) is 28.7. The molecule has 8 heteroatoms. The van der Waals surface area contributed by atoms with Crippen LogP contribution in [0.1, 0.15) is 21.5 Å². The van der Waals surface area contributed by atoms with Gasteiger partial charge >= 0.3 is 6.09 Å². The number of carboxylic acid groups (broad SMARTS) is 1. The minimum Gasteiger partial charge on any atom is -0.465 e. The molecule has 1 aromatic heterocycles. The number of fused-ring (bicyclic) bond motifs is 2. The Labute approximate surface area is 183 Å². The van der Waals surface area contributed by atoms with E-state index in [-0.39, 0.29) is 12.5 Å². The second-order valence-electron chi connectivity index (χ2n) is 7.37. The topological polar surface area (TPSA) is 124 Å². The van der Waals surface area contributed by atoms with Gasteiger partial charge in [0.15, 0.2) is 0 Å². The summed E-state index contributed by atoms with van der Waals surface area (Å²) in [4.78, 5) is 28.4. The van der Waals surface area contributed by atoms with E-state index in [2.05, 4.69) is 16.0 Å². The first-order valence-corrected chi connectivity index (χ1v) is 9.97. The number of aromatic nitrogens is 1. The van der Waals surface area contributed by atoms with Crippen molar-refractivity contribution in [3.8, 4) is 0 Å². The maximum atomic E-state index is 12.5. The zero-order valence-electron chi connectivity index (χ0n) is 17.6. The van der Waals surface area contributed by atoms with E-state index >= 15 is 0 Å². The van der Waals surface area contributed by atoms with Crippen molar-refractivity contribution < 1.29 is 19.8 Å². The molecule has 0 bridgehead atoms. The molecule has 0 saturated carbocycles. The monoisotopic (exact) mass is 430 g/mol. The predicted molar refractivity (Wildman–Crippen MR) is 125 cm³/mol. The molecule has 0 radical (unpaired) electrons. The number of hydrogen-bond donors (Lipinski definition) is 5. The average Bonchev–Trinajstić information content (AvgIpc) is 2.78. The molecule has 0 saturated heterocycles. The van der Waals surface area contributed by atoms with Gasteiger partial charge in [-0.25, -0.2) is 9.78 Å². The fourth-order valence-corrected chi connectivity index (χ4v) is 3.78. The number of anilines is 3. The number of pyridine rings is 1. The lowest BCUT2D eigenvalue weighted by atomic mass is 10.0. The van der Waals surface area contributed by atoms with Crippen LogP contribution in [0.5, 0.6) is 0 Å². The predicted octanol–water partition coefficient (Wildman–Crippen LogP) is 4.38. The fourth-order valence-electron chi connectivity index (χ4n) is 3.78. The van der Waals surface area contributed by atoms with E-state index in [4.69, 9.17) is 10.1 Å². The largest absolute Gasteiger partial charge is 0.465 e. The van der Waals surface area contributed by atoms with E-state index in [0.717, 1.165) is 27.5 Å². The highest BCUT2D eigenvalue weighted by atomic mass is 16.4. The van der Waals surface area contributed by atoms with Gasteiger partial charge in [0, 0.05) is 29.2 Å². The summed E-state index contributed by atoms with van der Waals surface area (Å²) in [7, 11) is 1.57. The van der Waals surface area contributed by atoms with Crippen LogP contribution >= 0.6 is 0 Å². The summed E-state index contributed by atoms with van der Waals surface area (Å²) in [6.45, 7) is 1.70. The minimum absolute atomic E-state index is 0.239. The second-order valence-corrected chi connectivity index (χ2v) is 7.37. The fraction of sp³-hybridized carbons (Fsp3) is 0.125. The Hall–Kier alpha value is -4.17. The van der Waals surface area contributed by atoms with Gasteiger partial charge in [-0.15, -0.1) is 0 Å². The molecule has 4 rings (SSSR count). The number of amides is 2. The normalized spacial score (nSPS) is 10.8. The quantitative estimate of drug-likeness (QED) is 0.299. The number of nitrogens with zero attached hydrogens (tertiary/aromatic N) is 1. The average molecular weight is 430 g/mol. The maximum Gasteiger partial charge on any atom is 0.409 e. The van der Waals surface area contributed by atoms with Crippen LogP contribution in [-0.2, 0) is 6.61 Å². The van der Waals surface area contributed by atoms with Crippen LogP contribution < -0.4 is 16.0 Å². The first-order valence-electron chi connectivity index (χ1n) is 9.97. The maximum absolute atomic E-state index is 12.5. The molecule has 32 heavy (non-hydrogen) atoms. The molecule has 162 valence electrons. The van der Waals surface area contributed by atoms with Gasteiger partial charge in [0.1, 0.15) is 0 Å². The number of hydrogen-bond acceptors (Lipinski definition) is 5. The molecule has 0 unspecified atom stereocenters. The number of aryl methyl sites for hydroxylation is 1. The van der Waals surface area contributed by atoms with Gasteiger partial charge in [-0.05, 0) is 42.3 Å². The van der Waals surface area contributed by atoms with Crippen molar-refractivity contribution in [3.05, 3.63) is 71.3 Å². The van der Waals surface area contributed by atoms with Gasteiger partial charge in [0.2, 0.25) is 0 Å². The molecule has 5 N–H and O–H groups in total. The van der Waals surface area contributed by atoms with E-state index in [1.165, 1.54) is 0 Å². The number of aliphatic hydroxyl groups excluding tert-OH is 1. The third kappa shape index (κ3) is 3.91. The van der Waals surface area contributed by atoms with E-state index in [1.807, 2.05) is 31.2 Å². The Balaban J connectivity index is 1.98. The molecule has 0 aliphatic carbocycles. The Morgan fingerprint density at radius 3 is 2.34 bits per heavy atom. The van der Waals surface area contributed by atoms with Crippen LogP contribution in [0.25, 0.3) is 21.8 Å². The lowest BCUT2D eigenvalue weighted by Gasteiger charge is -2.17. The van der Waals surface area contributed by atoms with Crippen molar-refractivity contribution in [2.45, 2.75) is 13.5 Å². The lowest BCUT2D eigenvalue weighted by molar-refractivity contribution is 0.0964. The Morgan fingerprint density at radius 2 is 1.66 bits per heavy atom. The van der Waals surface area contributed by atoms with Crippen LogP contribution in [-0.4, -0.2) is 34.2 Å². The van der Waals surface area contributed by atoms with Crippen molar-refractivity contribution in [3.63, 3.8) is 0 Å². The molecular formula is C24H22N4O4. The summed E-state index contributed by atoms with van der Waals surface area (Å²) in [5.41, 5.74) is 4.91. The first kappa shape index (κ1) is 21.1. The molecule has 0 atom stereocenters.